The molecule has 0 bridgehead atoms. The molecule has 0 fully saturated rings. The van der Waals surface area contributed by atoms with E-state index in [1.807, 2.05) is 0 Å². The van der Waals surface area contributed by atoms with Crippen LogP contribution in [-0.4, -0.2) is 18.1 Å². The van der Waals surface area contributed by atoms with E-state index >= 15 is 0 Å². The number of hydrogen-bond acceptors (Lipinski definition) is 0. The minimum absolute atomic E-state index is 0.180. The van der Waals surface area contributed by atoms with E-state index in [1.54, 1.807) is 0 Å². The predicted molar refractivity (Wildman–Crippen MR) is 73.7 cm³/mol. The lowest BCUT2D eigenvalue weighted by molar-refractivity contribution is 0.0753. The number of benzene rings is 1. The summed E-state index contributed by atoms with van der Waals surface area (Å²) < 4.78 is 0.931. The van der Waals surface area contributed by atoms with E-state index in [0.29, 0.717) is 0 Å². The van der Waals surface area contributed by atoms with Crippen LogP contribution in [-0.2, 0) is 0 Å². The molecular formula is C15H26N+. The summed E-state index contributed by atoms with van der Waals surface area (Å²) >= 11 is 0. The summed E-state index contributed by atoms with van der Waals surface area (Å²) in [6.07, 6.45) is 0. The highest BCUT2D eigenvalue weighted by atomic mass is 15.4. The molecule has 0 aliphatic rings. The maximum atomic E-state index is 2.33. The van der Waals surface area contributed by atoms with E-state index in [1.165, 1.54) is 5.69 Å². The van der Waals surface area contributed by atoms with Gasteiger partial charge < -0.3 is 0 Å². The quantitative estimate of drug-likeness (QED) is 0.622. The van der Waals surface area contributed by atoms with Gasteiger partial charge in [0.05, 0.1) is 18.1 Å². The van der Waals surface area contributed by atoms with Crippen LogP contribution >= 0.6 is 0 Å². The Labute approximate surface area is 101 Å². The highest BCUT2D eigenvalue weighted by Crippen LogP contribution is 2.38. The summed E-state index contributed by atoms with van der Waals surface area (Å²) in [6.45, 7) is 13.9. The summed E-state index contributed by atoms with van der Waals surface area (Å²) in [7, 11) is 2.33. The molecule has 0 aliphatic heterocycles. The number of nitrogens with zero attached hydrogens (tertiary/aromatic N) is 1. The maximum absolute atomic E-state index is 2.33. The Morgan fingerprint density at radius 3 is 1.44 bits per heavy atom. The fraction of sp³-hybridized carbons (Fsp3) is 0.600. The van der Waals surface area contributed by atoms with Crippen molar-refractivity contribution >= 4 is 5.69 Å². The normalized spacial score (nSPS) is 13.9. The monoisotopic (exact) mass is 220 g/mol. The van der Waals surface area contributed by atoms with Gasteiger partial charge in [-0.1, -0.05) is 18.2 Å². The molecule has 0 aromatic heterocycles. The van der Waals surface area contributed by atoms with Crippen LogP contribution < -0.4 is 4.48 Å². The molecule has 0 N–H and O–H groups in total. The minimum atomic E-state index is 0.180. The Morgan fingerprint density at radius 2 is 1.12 bits per heavy atom. The molecule has 16 heavy (non-hydrogen) atoms. The highest BCUT2D eigenvalue weighted by molar-refractivity contribution is 5.45. The van der Waals surface area contributed by atoms with Crippen molar-refractivity contribution in [3.8, 4) is 0 Å². The lowest BCUT2D eigenvalue weighted by Gasteiger charge is -2.54. The van der Waals surface area contributed by atoms with Gasteiger partial charge in [0.2, 0.25) is 0 Å². The van der Waals surface area contributed by atoms with Crippen molar-refractivity contribution in [1.82, 2.24) is 4.48 Å². The van der Waals surface area contributed by atoms with Gasteiger partial charge in [-0.3, -0.25) is 4.48 Å². The standard InChI is InChI=1S/C15H26N/c1-14(2,3)16(7,15(4,5)6)13-11-9-8-10-12-13/h8-12H,1-7H3/q+1. The second-order valence-electron chi connectivity index (χ2n) is 6.68. The number of quaternary nitrogens is 1. The fourth-order valence-electron chi connectivity index (χ4n) is 2.51. The average Bonchev–Trinajstić information content (AvgIpc) is 2.14. The zero-order valence-corrected chi connectivity index (χ0v) is 11.8. The molecule has 1 heteroatoms. The first-order chi connectivity index (χ1) is 7.11. The molecular weight excluding hydrogens is 194 g/mol. The van der Waals surface area contributed by atoms with Crippen molar-refractivity contribution in [2.24, 2.45) is 0 Å². The van der Waals surface area contributed by atoms with E-state index in [0.717, 1.165) is 4.48 Å². The minimum Gasteiger partial charge on any atom is -0.285 e. The summed E-state index contributed by atoms with van der Waals surface area (Å²) in [5.74, 6) is 0. The van der Waals surface area contributed by atoms with E-state index in [4.69, 9.17) is 0 Å². The smallest absolute Gasteiger partial charge is 0.133 e. The van der Waals surface area contributed by atoms with Crippen molar-refractivity contribution in [3.63, 3.8) is 0 Å². The zero-order valence-electron chi connectivity index (χ0n) is 11.8. The molecule has 1 rings (SSSR count). The van der Waals surface area contributed by atoms with Crippen LogP contribution in [0.2, 0.25) is 0 Å². The van der Waals surface area contributed by atoms with Crippen LogP contribution in [0.1, 0.15) is 41.5 Å². The highest BCUT2D eigenvalue weighted by Gasteiger charge is 2.47. The molecule has 90 valence electrons. The molecule has 0 saturated heterocycles. The molecule has 0 heterocycles. The van der Waals surface area contributed by atoms with Gasteiger partial charge >= 0.3 is 0 Å². The van der Waals surface area contributed by atoms with Crippen LogP contribution in [0.3, 0.4) is 0 Å². The predicted octanol–water partition coefficient (Wildman–Crippen LogP) is 4.22. The summed E-state index contributed by atoms with van der Waals surface area (Å²) in [6, 6.07) is 10.8. The van der Waals surface area contributed by atoms with Crippen LogP contribution in [0.5, 0.6) is 0 Å². The van der Waals surface area contributed by atoms with Crippen molar-refractivity contribution in [3.05, 3.63) is 30.3 Å². The Hall–Kier alpha value is -0.820. The van der Waals surface area contributed by atoms with Crippen LogP contribution in [0, 0.1) is 0 Å². The van der Waals surface area contributed by atoms with Crippen LogP contribution in [0.4, 0.5) is 5.69 Å². The third-order valence-corrected chi connectivity index (χ3v) is 3.96. The Balaban J connectivity index is 3.39. The summed E-state index contributed by atoms with van der Waals surface area (Å²) in [5, 5.41) is 0. The molecule has 1 nitrogen and oxygen atoms in total. The third-order valence-electron chi connectivity index (χ3n) is 3.96. The van der Waals surface area contributed by atoms with E-state index in [2.05, 4.69) is 78.9 Å². The second-order valence-corrected chi connectivity index (χ2v) is 6.68. The first-order valence-corrected chi connectivity index (χ1v) is 6.03. The average molecular weight is 220 g/mol. The van der Waals surface area contributed by atoms with Gasteiger partial charge in [-0.2, -0.15) is 0 Å². The van der Waals surface area contributed by atoms with Gasteiger partial charge in [-0.15, -0.1) is 0 Å². The maximum Gasteiger partial charge on any atom is 0.133 e. The molecule has 0 radical (unpaired) electrons. The Bertz CT molecular complexity index is 324. The molecule has 1 aromatic carbocycles. The van der Waals surface area contributed by atoms with Gasteiger partial charge in [0.15, 0.2) is 0 Å². The van der Waals surface area contributed by atoms with Gasteiger partial charge in [0.25, 0.3) is 0 Å². The molecule has 1 aromatic rings. The van der Waals surface area contributed by atoms with Gasteiger partial charge in [0, 0.05) is 0 Å². The largest absolute Gasteiger partial charge is 0.285 e. The summed E-state index contributed by atoms with van der Waals surface area (Å²) in [4.78, 5) is 0. The van der Waals surface area contributed by atoms with Crippen molar-refractivity contribution in [2.45, 2.75) is 52.6 Å². The van der Waals surface area contributed by atoms with E-state index < -0.39 is 0 Å². The van der Waals surface area contributed by atoms with Crippen molar-refractivity contribution in [1.29, 1.82) is 0 Å². The number of rotatable bonds is 1. The zero-order chi connectivity index (χ0) is 12.6. The van der Waals surface area contributed by atoms with Crippen LogP contribution in [0.25, 0.3) is 0 Å². The van der Waals surface area contributed by atoms with Gasteiger partial charge in [-0.25, -0.2) is 0 Å². The number of hydrogen-bond donors (Lipinski definition) is 0. The van der Waals surface area contributed by atoms with Crippen LogP contribution in [0.15, 0.2) is 30.3 Å². The second kappa shape index (κ2) is 3.89. The molecule has 0 amide bonds. The first kappa shape index (κ1) is 13.2. The molecule has 0 aliphatic carbocycles. The Kier molecular flexibility index (Phi) is 3.22. The first-order valence-electron chi connectivity index (χ1n) is 6.03. The number of para-hydroxylation sites is 1. The molecule has 0 saturated carbocycles. The van der Waals surface area contributed by atoms with Crippen molar-refractivity contribution < 1.29 is 0 Å². The lowest BCUT2D eigenvalue weighted by atomic mass is 9.90. The topological polar surface area (TPSA) is 0 Å². The fourth-order valence-corrected chi connectivity index (χ4v) is 2.51. The molecule has 0 spiro atoms. The van der Waals surface area contributed by atoms with E-state index in [9.17, 15) is 0 Å². The third kappa shape index (κ3) is 2.01. The summed E-state index contributed by atoms with van der Waals surface area (Å²) in [5.41, 5.74) is 1.74. The van der Waals surface area contributed by atoms with Crippen molar-refractivity contribution in [2.75, 3.05) is 7.05 Å². The molecule has 0 unspecified atom stereocenters. The van der Waals surface area contributed by atoms with Gasteiger partial charge in [0.1, 0.15) is 5.69 Å². The lowest BCUT2D eigenvalue weighted by Crippen LogP contribution is -2.68. The van der Waals surface area contributed by atoms with Gasteiger partial charge in [-0.05, 0) is 53.7 Å². The SMILES string of the molecule is CC(C)(C)[N+](C)(c1ccccc1)C(C)(C)C. The van der Waals surface area contributed by atoms with E-state index in [-0.39, 0.29) is 11.1 Å². The molecule has 0 atom stereocenters. The Morgan fingerprint density at radius 1 is 0.750 bits per heavy atom.